The largest absolute Gasteiger partial charge is 0.340 e. The van der Waals surface area contributed by atoms with E-state index in [0.29, 0.717) is 24.9 Å². The van der Waals surface area contributed by atoms with Crippen LogP contribution in [-0.4, -0.2) is 29.9 Å². The van der Waals surface area contributed by atoms with Gasteiger partial charge in [-0.25, -0.2) is 0 Å². The standard InChI is InChI=1S/C16H34N2O/c1-4-5-6-7-8-9-10-12-16(19)18(15(2)3)14-11-13-17/h15H,4-14,17H2,1-3H3. The van der Waals surface area contributed by atoms with E-state index in [-0.39, 0.29) is 0 Å². The second kappa shape index (κ2) is 12.5. The van der Waals surface area contributed by atoms with Crippen molar-refractivity contribution in [3.05, 3.63) is 0 Å². The van der Waals surface area contributed by atoms with Crippen molar-refractivity contribution >= 4 is 5.91 Å². The Morgan fingerprint density at radius 1 is 1.00 bits per heavy atom. The summed E-state index contributed by atoms with van der Waals surface area (Å²) in [4.78, 5) is 14.1. The molecule has 0 radical (unpaired) electrons. The predicted molar refractivity (Wildman–Crippen MR) is 83.1 cm³/mol. The zero-order valence-electron chi connectivity index (χ0n) is 13.3. The molecule has 19 heavy (non-hydrogen) atoms. The molecule has 0 unspecified atom stereocenters. The van der Waals surface area contributed by atoms with Crippen LogP contribution in [0.3, 0.4) is 0 Å². The molecule has 3 heteroatoms. The minimum atomic E-state index is 0.295. The second-order valence-electron chi connectivity index (χ2n) is 5.69. The van der Waals surface area contributed by atoms with Crippen molar-refractivity contribution in [1.29, 1.82) is 0 Å². The summed E-state index contributed by atoms with van der Waals surface area (Å²) in [5.41, 5.74) is 5.52. The predicted octanol–water partition coefficient (Wildman–Crippen LogP) is 3.71. The summed E-state index contributed by atoms with van der Waals surface area (Å²) in [6.07, 6.45) is 10.4. The monoisotopic (exact) mass is 270 g/mol. The molecule has 0 rings (SSSR count). The minimum Gasteiger partial charge on any atom is -0.340 e. The van der Waals surface area contributed by atoms with Crippen molar-refractivity contribution in [2.24, 2.45) is 5.73 Å². The van der Waals surface area contributed by atoms with Crippen molar-refractivity contribution in [1.82, 2.24) is 4.90 Å². The van der Waals surface area contributed by atoms with Gasteiger partial charge in [-0.2, -0.15) is 0 Å². The van der Waals surface area contributed by atoms with Gasteiger partial charge >= 0.3 is 0 Å². The van der Waals surface area contributed by atoms with Gasteiger partial charge in [-0.3, -0.25) is 4.79 Å². The van der Waals surface area contributed by atoms with E-state index >= 15 is 0 Å². The van der Waals surface area contributed by atoms with Crippen molar-refractivity contribution in [2.45, 2.75) is 84.6 Å². The lowest BCUT2D eigenvalue weighted by molar-refractivity contribution is -0.133. The Balaban J connectivity index is 3.69. The molecule has 1 amide bonds. The fourth-order valence-corrected chi connectivity index (χ4v) is 2.31. The summed E-state index contributed by atoms with van der Waals surface area (Å²) in [7, 11) is 0. The van der Waals surface area contributed by atoms with Gasteiger partial charge in [0.05, 0.1) is 0 Å². The molecule has 3 nitrogen and oxygen atoms in total. The molecule has 0 aliphatic carbocycles. The first-order chi connectivity index (χ1) is 9.13. The lowest BCUT2D eigenvalue weighted by Gasteiger charge is -2.26. The van der Waals surface area contributed by atoms with E-state index in [9.17, 15) is 4.79 Å². The molecule has 0 aromatic rings. The fraction of sp³-hybridized carbons (Fsp3) is 0.938. The van der Waals surface area contributed by atoms with Gasteiger partial charge in [-0.05, 0) is 33.2 Å². The zero-order valence-corrected chi connectivity index (χ0v) is 13.3. The highest BCUT2D eigenvalue weighted by Crippen LogP contribution is 2.11. The Hall–Kier alpha value is -0.570. The average Bonchev–Trinajstić information content (AvgIpc) is 2.37. The van der Waals surface area contributed by atoms with Gasteiger partial charge in [0.25, 0.3) is 0 Å². The van der Waals surface area contributed by atoms with Crippen molar-refractivity contribution in [2.75, 3.05) is 13.1 Å². The third kappa shape index (κ3) is 9.94. The number of carbonyl (C=O) groups excluding carboxylic acids is 1. The first-order valence-electron chi connectivity index (χ1n) is 8.13. The lowest BCUT2D eigenvalue weighted by Crippen LogP contribution is -2.38. The molecule has 0 bridgehead atoms. The Kier molecular flexibility index (Phi) is 12.1. The normalized spacial score (nSPS) is 11.0. The van der Waals surface area contributed by atoms with Gasteiger partial charge in [-0.1, -0.05) is 45.4 Å². The Bertz CT molecular complexity index is 217. The van der Waals surface area contributed by atoms with Crippen LogP contribution in [0.4, 0.5) is 0 Å². The number of rotatable bonds is 12. The molecule has 0 saturated heterocycles. The van der Waals surface area contributed by atoms with Crippen LogP contribution >= 0.6 is 0 Å². The van der Waals surface area contributed by atoms with Crippen LogP contribution in [0.25, 0.3) is 0 Å². The van der Waals surface area contributed by atoms with Gasteiger partial charge in [0.15, 0.2) is 0 Å². The van der Waals surface area contributed by atoms with E-state index in [2.05, 4.69) is 20.8 Å². The van der Waals surface area contributed by atoms with Gasteiger partial charge < -0.3 is 10.6 Å². The van der Waals surface area contributed by atoms with E-state index in [1.54, 1.807) is 0 Å². The van der Waals surface area contributed by atoms with Crippen molar-refractivity contribution in [3.63, 3.8) is 0 Å². The number of nitrogens with zero attached hydrogens (tertiary/aromatic N) is 1. The number of nitrogens with two attached hydrogens (primary N) is 1. The van der Waals surface area contributed by atoms with Crippen LogP contribution in [0.1, 0.15) is 78.6 Å². The Morgan fingerprint density at radius 2 is 1.58 bits per heavy atom. The Morgan fingerprint density at radius 3 is 2.11 bits per heavy atom. The quantitative estimate of drug-likeness (QED) is 0.549. The maximum Gasteiger partial charge on any atom is 0.222 e. The topological polar surface area (TPSA) is 46.3 Å². The highest BCUT2D eigenvalue weighted by Gasteiger charge is 2.15. The minimum absolute atomic E-state index is 0.295. The zero-order chi connectivity index (χ0) is 14.5. The van der Waals surface area contributed by atoms with Crippen LogP contribution in [0.15, 0.2) is 0 Å². The van der Waals surface area contributed by atoms with E-state index < -0.39 is 0 Å². The average molecular weight is 270 g/mol. The molecule has 0 aliphatic heterocycles. The molecule has 0 aromatic heterocycles. The van der Waals surface area contributed by atoms with E-state index in [1.807, 2.05) is 4.90 Å². The van der Waals surface area contributed by atoms with Gasteiger partial charge in [0.2, 0.25) is 5.91 Å². The lowest BCUT2D eigenvalue weighted by atomic mass is 10.1. The molecule has 0 atom stereocenters. The van der Waals surface area contributed by atoms with Crippen LogP contribution < -0.4 is 5.73 Å². The van der Waals surface area contributed by atoms with Crippen LogP contribution in [0.5, 0.6) is 0 Å². The maximum atomic E-state index is 12.1. The van der Waals surface area contributed by atoms with Gasteiger partial charge in [0.1, 0.15) is 0 Å². The molecule has 0 heterocycles. The second-order valence-corrected chi connectivity index (χ2v) is 5.69. The van der Waals surface area contributed by atoms with Crippen LogP contribution in [0.2, 0.25) is 0 Å². The number of carbonyl (C=O) groups is 1. The maximum absolute atomic E-state index is 12.1. The van der Waals surface area contributed by atoms with Crippen LogP contribution in [0, 0.1) is 0 Å². The SMILES string of the molecule is CCCCCCCCCC(=O)N(CCCN)C(C)C. The molecular weight excluding hydrogens is 236 g/mol. The molecule has 114 valence electrons. The highest BCUT2D eigenvalue weighted by atomic mass is 16.2. The van der Waals surface area contributed by atoms with Crippen molar-refractivity contribution < 1.29 is 4.79 Å². The van der Waals surface area contributed by atoms with E-state index in [1.165, 1.54) is 38.5 Å². The summed E-state index contributed by atoms with van der Waals surface area (Å²) in [6, 6.07) is 0.295. The third-order valence-electron chi connectivity index (χ3n) is 3.54. The van der Waals surface area contributed by atoms with Gasteiger partial charge in [-0.15, -0.1) is 0 Å². The summed E-state index contributed by atoms with van der Waals surface area (Å²) < 4.78 is 0. The van der Waals surface area contributed by atoms with E-state index in [0.717, 1.165) is 19.4 Å². The first-order valence-corrected chi connectivity index (χ1v) is 8.13. The first kappa shape index (κ1) is 18.4. The summed E-state index contributed by atoms with van der Waals surface area (Å²) >= 11 is 0. The molecule has 0 spiro atoms. The van der Waals surface area contributed by atoms with Crippen molar-refractivity contribution in [3.8, 4) is 0 Å². The fourth-order valence-electron chi connectivity index (χ4n) is 2.31. The third-order valence-corrected chi connectivity index (χ3v) is 3.54. The molecular formula is C16H34N2O. The molecule has 0 fully saturated rings. The number of amides is 1. The number of hydrogen-bond acceptors (Lipinski definition) is 2. The van der Waals surface area contributed by atoms with Crippen LogP contribution in [-0.2, 0) is 4.79 Å². The number of unbranched alkanes of at least 4 members (excludes halogenated alkanes) is 6. The van der Waals surface area contributed by atoms with E-state index in [4.69, 9.17) is 5.73 Å². The summed E-state index contributed by atoms with van der Waals surface area (Å²) in [5, 5.41) is 0. The van der Waals surface area contributed by atoms with Gasteiger partial charge in [0, 0.05) is 19.0 Å². The molecule has 0 aromatic carbocycles. The highest BCUT2D eigenvalue weighted by molar-refractivity contribution is 5.76. The smallest absolute Gasteiger partial charge is 0.222 e. The Labute approximate surface area is 119 Å². The summed E-state index contributed by atoms with van der Waals surface area (Å²) in [5.74, 6) is 0.303. The number of hydrogen-bond donors (Lipinski definition) is 1. The summed E-state index contributed by atoms with van der Waals surface area (Å²) in [6.45, 7) is 7.87. The molecule has 0 aliphatic rings. The molecule has 2 N–H and O–H groups in total. The molecule has 0 saturated carbocycles.